The van der Waals surface area contributed by atoms with E-state index in [0.29, 0.717) is 13.0 Å². The van der Waals surface area contributed by atoms with Crippen molar-refractivity contribution in [1.29, 1.82) is 5.26 Å². The van der Waals surface area contributed by atoms with Crippen LogP contribution in [0, 0.1) is 11.3 Å². The lowest BCUT2D eigenvalue weighted by Crippen LogP contribution is -2.06. The molecule has 1 aromatic heterocycles. The highest BCUT2D eigenvalue weighted by molar-refractivity contribution is 5.04. The first-order valence-corrected chi connectivity index (χ1v) is 3.73. The Labute approximate surface area is 71.4 Å². The van der Waals surface area contributed by atoms with Gasteiger partial charge >= 0.3 is 0 Å². The van der Waals surface area contributed by atoms with E-state index in [1.54, 1.807) is 19.6 Å². The van der Waals surface area contributed by atoms with Crippen LogP contribution in [0.25, 0.3) is 0 Å². The molecule has 0 N–H and O–H groups in total. The van der Waals surface area contributed by atoms with Crippen molar-refractivity contribution in [3.63, 3.8) is 0 Å². The summed E-state index contributed by atoms with van der Waals surface area (Å²) < 4.78 is 6.84. The summed E-state index contributed by atoms with van der Waals surface area (Å²) in [6, 6.07) is 2.09. The van der Waals surface area contributed by atoms with Gasteiger partial charge in [0.1, 0.15) is 0 Å². The van der Waals surface area contributed by atoms with Gasteiger partial charge in [-0.1, -0.05) is 0 Å². The number of rotatable bonds is 4. The number of methoxy groups -OCH3 is 1. The summed E-state index contributed by atoms with van der Waals surface area (Å²) in [4.78, 5) is 3.95. The third kappa shape index (κ3) is 2.07. The van der Waals surface area contributed by atoms with Crippen LogP contribution in [0.2, 0.25) is 0 Å². The minimum atomic E-state index is 0.406. The van der Waals surface area contributed by atoms with Crippen LogP contribution in [-0.4, -0.2) is 23.3 Å². The summed E-state index contributed by atoms with van der Waals surface area (Å²) >= 11 is 0. The molecule has 4 heteroatoms. The van der Waals surface area contributed by atoms with Gasteiger partial charge < -0.3 is 9.30 Å². The molecular weight excluding hydrogens is 154 g/mol. The zero-order valence-corrected chi connectivity index (χ0v) is 7.03. The van der Waals surface area contributed by atoms with Crippen LogP contribution >= 0.6 is 0 Å². The Morgan fingerprint density at radius 1 is 1.75 bits per heavy atom. The Morgan fingerprint density at radius 2 is 2.58 bits per heavy atom. The minimum absolute atomic E-state index is 0.406. The van der Waals surface area contributed by atoms with Crippen LogP contribution in [-0.2, 0) is 17.7 Å². The van der Waals surface area contributed by atoms with Crippen molar-refractivity contribution in [3.05, 3.63) is 18.2 Å². The predicted molar refractivity (Wildman–Crippen MR) is 43.4 cm³/mol. The molecule has 1 heterocycles. The van der Waals surface area contributed by atoms with Gasteiger partial charge in [-0.2, -0.15) is 5.26 Å². The molecule has 0 spiro atoms. The normalized spacial score (nSPS) is 9.67. The summed E-state index contributed by atoms with van der Waals surface area (Å²) in [5, 5.41) is 8.47. The lowest BCUT2D eigenvalue weighted by molar-refractivity contribution is 0.186. The monoisotopic (exact) mass is 165 g/mol. The molecule has 0 saturated carbocycles. The molecule has 1 rings (SSSR count). The van der Waals surface area contributed by atoms with Gasteiger partial charge in [0.05, 0.1) is 31.1 Å². The lowest BCUT2D eigenvalue weighted by atomic mass is 10.3. The number of nitrogens with zero attached hydrogens (tertiary/aromatic N) is 3. The maximum Gasteiger partial charge on any atom is 0.0949 e. The molecule has 12 heavy (non-hydrogen) atoms. The molecule has 0 saturated heterocycles. The SMILES string of the molecule is COCCn1cncc1CC#N. The Bertz CT molecular complexity index is 274. The smallest absolute Gasteiger partial charge is 0.0949 e. The first-order valence-electron chi connectivity index (χ1n) is 3.73. The fourth-order valence-corrected chi connectivity index (χ4v) is 0.967. The Morgan fingerprint density at radius 3 is 3.25 bits per heavy atom. The number of hydrogen-bond donors (Lipinski definition) is 0. The van der Waals surface area contributed by atoms with E-state index in [2.05, 4.69) is 11.1 Å². The van der Waals surface area contributed by atoms with Gasteiger partial charge in [-0.25, -0.2) is 4.98 Å². The van der Waals surface area contributed by atoms with Crippen molar-refractivity contribution >= 4 is 0 Å². The largest absolute Gasteiger partial charge is 0.383 e. The summed E-state index contributed by atoms with van der Waals surface area (Å²) in [5.41, 5.74) is 0.939. The van der Waals surface area contributed by atoms with Crippen LogP contribution in [0.1, 0.15) is 5.69 Å². The Hall–Kier alpha value is -1.34. The van der Waals surface area contributed by atoms with E-state index in [0.717, 1.165) is 12.2 Å². The van der Waals surface area contributed by atoms with Crippen LogP contribution < -0.4 is 0 Å². The van der Waals surface area contributed by atoms with Crippen molar-refractivity contribution < 1.29 is 4.74 Å². The number of aromatic nitrogens is 2. The summed E-state index contributed by atoms with van der Waals surface area (Å²) in [7, 11) is 1.65. The molecule has 64 valence electrons. The second-order valence-electron chi connectivity index (χ2n) is 2.41. The number of hydrogen-bond acceptors (Lipinski definition) is 3. The molecule has 0 unspecified atom stereocenters. The van der Waals surface area contributed by atoms with Gasteiger partial charge in [-0.15, -0.1) is 0 Å². The molecule has 0 bridgehead atoms. The van der Waals surface area contributed by atoms with E-state index in [1.165, 1.54) is 0 Å². The van der Waals surface area contributed by atoms with E-state index in [-0.39, 0.29) is 0 Å². The first-order chi connectivity index (χ1) is 5.88. The van der Waals surface area contributed by atoms with Crippen molar-refractivity contribution in [2.45, 2.75) is 13.0 Å². The van der Waals surface area contributed by atoms with Gasteiger partial charge in [0.15, 0.2) is 0 Å². The lowest BCUT2D eigenvalue weighted by Gasteiger charge is -2.03. The molecule has 0 aliphatic carbocycles. The predicted octanol–water partition coefficient (Wildman–Crippen LogP) is 0.596. The van der Waals surface area contributed by atoms with E-state index >= 15 is 0 Å². The fourth-order valence-electron chi connectivity index (χ4n) is 0.967. The molecule has 0 fully saturated rings. The molecular formula is C8H11N3O. The number of imidazole rings is 1. The summed E-state index contributed by atoms with van der Waals surface area (Å²) in [5.74, 6) is 0. The molecule has 0 aliphatic heterocycles. The van der Waals surface area contributed by atoms with Gasteiger partial charge in [0.25, 0.3) is 0 Å². The van der Waals surface area contributed by atoms with Gasteiger partial charge in [0, 0.05) is 19.9 Å². The van der Waals surface area contributed by atoms with Gasteiger partial charge in [0.2, 0.25) is 0 Å². The fraction of sp³-hybridized carbons (Fsp3) is 0.500. The first kappa shape index (κ1) is 8.75. The summed E-state index contributed by atoms with van der Waals surface area (Å²) in [6.45, 7) is 1.41. The van der Waals surface area contributed by atoms with Crippen LogP contribution in [0.15, 0.2) is 12.5 Å². The van der Waals surface area contributed by atoms with Crippen LogP contribution in [0.5, 0.6) is 0 Å². The number of nitriles is 1. The topological polar surface area (TPSA) is 50.8 Å². The zero-order valence-electron chi connectivity index (χ0n) is 7.03. The van der Waals surface area contributed by atoms with Gasteiger partial charge in [-0.3, -0.25) is 0 Å². The van der Waals surface area contributed by atoms with Crippen molar-refractivity contribution in [2.75, 3.05) is 13.7 Å². The highest BCUT2D eigenvalue weighted by atomic mass is 16.5. The minimum Gasteiger partial charge on any atom is -0.383 e. The van der Waals surface area contributed by atoms with E-state index in [1.807, 2.05) is 4.57 Å². The van der Waals surface area contributed by atoms with Crippen molar-refractivity contribution in [1.82, 2.24) is 9.55 Å². The molecule has 4 nitrogen and oxygen atoms in total. The third-order valence-corrected chi connectivity index (χ3v) is 1.60. The van der Waals surface area contributed by atoms with E-state index in [4.69, 9.17) is 10.00 Å². The van der Waals surface area contributed by atoms with Gasteiger partial charge in [-0.05, 0) is 0 Å². The molecule has 0 aromatic carbocycles. The quantitative estimate of drug-likeness (QED) is 0.656. The number of ether oxygens (including phenoxy) is 1. The third-order valence-electron chi connectivity index (χ3n) is 1.60. The van der Waals surface area contributed by atoms with E-state index < -0.39 is 0 Å². The van der Waals surface area contributed by atoms with Crippen molar-refractivity contribution in [2.24, 2.45) is 0 Å². The van der Waals surface area contributed by atoms with Crippen molar-refractivity contribution in [3.8, 4) is 6.07 Å². The van der Waals surface area contributed by atoms with Crippen LogP contribution in [0.3, 0.4) is 0 Å². The highest BCUT2D eigenvalue weighted by Gasteiger charge is 1.99. The standard InChI is InChI=1S/C8H11N3O/c1-12-5-4-11-7-10-6-8(11)2-3-9/h6-7H,2,4-5H2,1H3. The molecule has 0 radical (unpaired) electrons. The molecule has 0 atom stereocenters. The Balaban J connectivity index is 2.58. The average Bonchev–Trinajstić information content (AvgIpc) is 2.50. The molecule has 1 aromatic rings. The summed E-state index contributed by atoms with van der Waals surface area (Å²) in [6.07, 6.45) is 3.83. The second kappa shape index (κ2) is 4.52. The maximum atomic E-state index is 8.47. The second-order valence-corrected chi connectivity index (χ2v) is 2.41. The average molecular weight is 165 g/mol. The molecule has 0 aliphatic rings. The Kier molecular flexibility index (Phi) is 3.30. The van der Waals surface area contributed by atoms with Crippen LogP contribution in [0.4, 0.5) is 0 Å². The molecule has 0 amide bonds. The maximum absolute atomic E-state index is 8.47. The highest BCUT2D eigenvalue weighted by Crippen LogP contribution is 1.99. The zero-order chi connectivity index (χ0) is 8.81. The van der Waals surface area contributed by atoms with E-state index in [9.17, 15) is 0 Å².